The number of nitrogens with zero attached hydrogens (tertiary/aromatic N) is 1. The van der Waals surface area contributed by atoms with Crippen molar-refractivity contribution in [1.29, 1.82) is 0 Å². The lowest BCUT2D eigenvalue weighted by Crippen LogP contribution is -2.12. The van der Waals surface area contributed by atoms with E-state index in [1.165, 1.54) is 25.7 Å². The summed E-state index contributed by atoms with van der Waals surface area (Å²) in [7, 11) is 0. The van der Waals surface area contributed by atoms with Crippen LogP contribution in [0.3, 0.4) is 0 Å². The zero-order chi connectivity index (χ0) is 10.4. The van der Waals surface area contributed by atoms with Gasteiger partial charge >= 0.3 is 0 Å². The molecule has 15 heavy (non-hydrogen) atoms. The molecule has 2 fully saturated rings. The Balaban J connectivity index is 1.96. The SMILES string of the molecule is Cc1cc(=S)nc(C2CC3CCC2C3)[nH]1. The van der Waals surface area contributed by atoms with Gasteiger partial charge in [0.05, 0.1) is 0 Å². The number of hydrogen-bond acceptors (Lipinski definition) is 2. The molecule has 3 rings (SSSR count). The summed E-state index contributed by atoms with van der Waals surface area (Å²) in [5.41, 5.74) is 1.15. The molecule has 0 saturated heterocycles. The maximum Gasteiger partial charge on any atom is 0.129 e. The van der Waals surface area contributed by atoms with Crippen LogP contribution in [0.1, 0.15) is 43.1 Å². The van der Waals surface area contributed by atoms with E-state index in [0.717, 1.165) is 28.0 Å². The molecular weight excluding hydrogens is 204 g/mol. The quantitative estimate of drug-likeness (QED) is 0.735. The molecule has 3 atom stereocenters. The third kappa shape index (κ3) is 1.63. The smallest absolute Gasteiger partial charge is 0.129 e. The van der Waals surface area contributed by atoms with Gasteiger partial charge in [0.15, 0.2) is 0 Å². The lowest BCUT2D eigenvalue weighted by Gasteiger charge is -2.20. The number of aryl methyl sites for hydroxylation is 1. The van der Waals surface area contributed by atoms with Crippen molar-refractivity contribution in [2.45, 2.75) is 38.5 Å². The fourth-order valence-electron chi connectivity index (χ4n) is 3.36. The van der Waals surface area contributed by atoms with E-state index in [1.807, 2.05) is 6.07 Å². The minimum Gasteiger partial charge on any atom is -0.347 e. The summed E-state index contributed by atoms with van der Waals surface area (Å²) in [5, 5.41) is 0. The first kappa shape index (κ1) is 9.52. The maximum atomic E-state index is 5.18. The van der Waals surface area contributed by atoms with E-state index < -0.39 is 0 Å². The standard InChI is InChI=1S/C12H16N2S/c1-7-4-11(15)14-12(13-7)10-6-8-2-3-9(10)5-8/h4,8-10H,2-3,5-6H2,1H3,(H,13,14,15). The van der Waals surface area contributed by atoms with Gasteiger partial charge in [0, 0.05) is 11.6 Å². The molecule has 2 bridgehead atoms. The summed E-state index contributed by atoms with van der Waals surface area (Å²) in [6.07, 6.45) is 5.58. The van der Waals surface area contributed by atoms with Crippen LogP contribution in [0.25, 0.3) is 0 Å². The van der Waals surface area contributed by atoms with Crippen LogP contribution in [0.2, 0.25) is 0 Å². The Kier molecular flexibility index (Phi) is 2.16. The molecule has 0 spiro atoms. The maximum absolute atomic E-state index is 5.18. The van der Waals surface area contributed by atoms with Gasteiger partial charge in [-0.2, -0.15) is 0 Å². The molecule has 3 unspecified atom stereocenters. The molecule has 2 saturated carbocycles. The molecule has 1 N–H and O–H groups in total. The number of fused-ring (bicyclic) bond motifs is 2. The van der Waals surface area contributed by atoms with Gasteiger partial charge in [0.2, 0.25) is 0 Å². The average Bonchev–Trinajstić information content (AvgIpc) is 2.76. The Morgan fingerprint density at radius 1 is 1.40 bits per heavy atom. The van der Waals surface area contributed by atoms with Gasteiger partial charge in [-0.3, -0.25) is 0 Å². The van der Waals surface area contributed by atoms with Crippen LogP contribution in [0.15, 0.2) is 6.07 Å². The highest BCUT2D eigenvalue weighted by Crippen LogP contribution is 2.51. The number of hydrogen-bond donors (Lipinski definition) is 1. The van der Waals surface area contributed by atoms with Gasteiger partial charge in [-0.1, -0.05) is 18.6 Å². The van der Waals surface area contributed by atoms with Crippen molar-refractivity contribution >= 4 is 12.2 Å². The van der Waals surface area contributed by atoms with E-state index in [4.69, 9.17) is 12.2 Å². The topological polar surface area (TPSA) is 28.7 Å². The third-order valence-electron chi connectivity index (χ3n) is 3.99. The third-order valence-corrected chi connectivity index (χ3v) is 4.19. The number of H-pyrrole nitrogens is 1. The van der Waals surface area contributed by atoms with Gasteiger partial charge in [-0.05, 0) is 44.1 Å². The Morgan fingerprint density at radius 3 is 2.87 bits per heavy atom. The largest absolute Gasteiger partial charge is 0.347 e. The van der Waals surface area contributed by atoms with Crippen LogP contribution in [0, 0.1) is 23.4 Å². The molecule has 3 heteroatoms. The van der Waals surface area contributed by atoms with Crippen LogP contribution in [0.4, 0.5) is 0 Å². The second-order valence-corrected chi connectivity index (χ2v) is 5.49. The Hall–Kier alpha value is -0.700. The zero-order valence-corrected chi connectivity index (χ0v) is 9.81. The van der Waals surface area contributed by atoms with Crippen LogP contribution in [-0.4, -0.2) is 9.97 Å². The molecule has 2 aliphatic rings. The summed E-state index contributed by atoms with van der Waals surface area (Å²) >= 11 is 5.18. The minimum absolute atomic E-state index is 0.658. The monoisotopic (exact) mass is 220 g/mol. The summed E-state index contributed by atoms with van der Waals surface area (Å²) in [6, 6.07) is 1.94. The zero-order valence-electron chi connectivity index (χ0n) is 8.99. The lowest BCUT2D eigenvalue weighted by molar-refractivity contribution is 0.404. The molecule has 2 aliphatic carbocycles. The number of nitrogens with one attached hydrogen (secondary N) is 1. The molecule has 1 aromatic heterocycles. The Labute approximate surface area is 95.1 Å². The molecular formula is C12H16N2S. The Bertz CT molecular complexity index is 437. The predicted octanol–water partition coefficient (Wildman–Crippen LogP) is 3.35. The highest BCUT2D eigenvalue weighted by atomic mass is 32.1. The van der Waals surface area contributed by atoms with Crippen molar-refractivity contribution in [3.63, 3.8) is 0 Å². The van der Waals surface area contributed by atoms with Crippen molar-refractivity contribution in [1.82, 2.24) is 9.97 Å². The summed E-state index contributed by atoms with van der Waals surface area (Å²) in [6.45, 7) is 2.06. The average molecular weight is 220 g/mol. The first-order chi connectivity index (χ1) is 7.22. The normalized spacial score (nSPS) is 33.5. The first-order valence-corrected chi connectivity index (χ1v) is 6.21. The summed E-state index contributed by atoms with van der Waals surface area (Å²) in [5.74, 6) is 3.64. The van der Waals surface area contributed by atoms with Gasteiger partial charge in [0.25, 0.3) is 0 Å². The highest BCUT2D eigenvalue weighted by molar-refractivity contribution is 7.71. The molecule has 1 heterocycles. The Morgan fingerprint density at radius 2 is 2.27 bits per heavy atom. The number of rotatable bonds is 1. The molecule has 0 amide bonds. The fourth-order valence-corrected chi connectivity index (χ4v) is 3.63. The summed E-state index contributed by atoms with van der Waals surface area (Å²) in [4.78, 5) is 7.89. The molecule has 0 aromatic carbocycles. The number of aromatic nitrogens is 2. The molecule has 80 valence electrons. The first-order valence-electron chi connectivity index (χ1n) is 5.80. The van der Waals surface area contributed by atoms with Gasteiger partial charge in [-0.15, -0.1) is 0 Å². The molecule has 0 radical (unpaired) electrons. The van der Waals surface area contributed by atoms with Gasteiger partial charge < -0.3 is 4.98 Å². The second kappa shape index (κ2) is 3.41. The fraction of sp³-hybridized carbons (Fsp3) is 0.667. The molecule has 1 aromatic rings. The second-order valence-electron chi connectivity index (χ2n) is 5.07. The van der Waals surface area contributed by atoms with Crippen molar-refractivity contribution in [3.05, 3.63) is 22.2 Å². The van der Waals surface area contributed by atoms with E-state index in [-0.39, 0.29) is 0 Å². The number of aromatic amines is 1. The van der Waals surface area contributed by atoms with Crippen molar-refractivity contribution < 1.29 is 0 Å². The van der Waals surface area contributed by atoms with Gasteiger partial charge in [0.1, 0.15) is 10.5 Å². The van der Waals surface area contributed by atoms with Crippen molar-refractivity contribution in [2.75, 3.05) is 0 Å². The van der Waals surface area contributed by atoms with Crippen molar-refractivity contribution in [2.24, 2.45) is 11.8 Å². The lowest BCUT2D eigenvalue weighted by atomic mass is 9.88. The van der Waals surface area contributed by atoms with Crippen LogP contribution in [-0.2, 0) is 0 Å². The van der Waals surface area contributed by atoms with Crippen LogP contribution in [0.5, 0.6) is 0 Å². The molecule has 2 nitrogen and oxygen atoms in total. The van der Waals surface area contributed by atoms with Gasteiger partial charge in [-0.25, -0.2) is 4.98 Å². The minimum atomic E-state index is 0.658. The van der Waals surface area contributed by atoms with E-state index in [0.29, 0.717) is 5.92 Å². The van der Waals surface area contributed by atoms with Crippen molar-refractivity contribution in [3.8, 4) is 0 Å². The predicted molar refractivity (Wildman–Crippen MR) is 62.3 cm³/mol. The van der Waals surface area contributed by atoms with E-state index in [9.17, 15) is 0 Å². The van der Waals surface area contributed by atoms with E-state index in [1.54, 1.807) is 0 Å². The van der Waals surface area contributed by atoms with E-state index >= 15 is 0 Å². The van der Waals surface area contributed by atoms with Crippen LogP contribution >= 0.6 is 12.2 Å². The van der Waals surface area contributed by atoms with Crippen LogP contribution < -0.4 is 0 Å². The molecule has 0 aliphatic heterocycles. The highest BCUT2D eigenvalue weighted by Gasteiger charge is 2.41. The summed E-state index contributed by atoms with van der Waals surface area (Å²) < 4.78 is 0.740. The van der Waals surface area contributed by atoms with E-state index in [2.05, 4.69) is 16.9 Å².